The molecule has 0 bridgehead atoms. The zero-order valence-corrected chi connectivity index (χ0v) is 10.3. The van der Waals surface area contributed by atoms with Gasteiger partial charge in [-0.15, -0.1) is 8.58 Å². The number of phenols is 2. The fraction of sp³-hybridized carbons (Fsp3) is 0.500. The number of hydrogen-bond acceptors (Lipinski definition) is 2. The molecule has 0 spiro atoms. The van der Waals surface area contributed by atoms with Crippen molar-refractivity contribution in [3.8, 4) is 11.5 Å². The molecule has 1 aromatic rings. The van der Waals surface area contributed by atoms with Gasteiger partial charge in [-0.3, -0.25) is 0 Å². The molecule has 2 nitrogen and oxygen atoms in total. The zero-order chi connectivity index (χ0) is 11.3. The molecule has 1 aromatic carbocycles. The second-order valence-electron chi connectivity index (χ2n) is 3.81. The van der Waals surface area contributed by atoms with Gasteiger partial charge in [0.05, 0.1) is 0 Å². The average Bonchev–Trinajstić information content (AvgIpc) is 3.08. The highest BCUT2D eigenvalue weighted by molar-refractivity contribution is 7.46. The summed E-state index contributed by atoms with van der Waals surface area (Å²) in [5.41, 5.74) is 1.06. The Hall–Kier alpha value is -0.750. The third-order valence-electron chi connectivity index (χ3n) is 2.43. The van der Waals surface area contributed by atoms with Crippen LogP contribution in [0.4, 0.5) is 0 Å². The predicted molar refractivity (Wildman–Crippen MR) is 66.5 cm³/mol. The van der Waals surface area contributed by atoms with E-state index in [1.165, 1.54) is 27.0 Å². The van der Waals surface area contributed by atoms with Gasteiger partial charge in [-0.05, 0) is 42.4 Å². The molecule has 3 heteroatoms. The van der Waals surface area contributed by atoms with Crippen LogP contribution in [-0.2, 0) is 0 Å². The lowest BCUT2D eigenvalue weighted by Crippen LogP contribution is -1.89. The van der Waals surface area contributed by atoms with E-state index in [1.807, 2.05) is 6.07 Å². The van der Waals surface area contributed by atoms with Crippen molar-refractivity contribution in [3.05, 3.63) is 23.8 Å². The number of aromatic hydroxyl groups is 2. The lowest BCUT2D eigenvalue weighted by molar-refractivity contribution is 0.402. The highest BCUT2D eigenvalue weighted by Crippen LogP contribution is 2.29. The summed E-state index contributed by atoms with van der Waals surface area (Å²) in [4.78, 5) is 0. The summed E-state index contributed by atoms with van der Waals surface area (Å²) >= 11 is 0. The van der Waals surface area contributed by atoms with Crippen LogP contribution >= 0.6 is 8.58 Å². The van der Waals surface area contributed by atoms with E-state index >= 15 is 0 Å². The molecule has 0 radical (unpaired) electrons. The summed E-state index contributed by atoms with van der Waals surface area (Å²) in [5, 5.41) is 18.2. The summed E-state index contributed by atoms with van der Waals surface area (Å²) in [6, 6.07) is 4.98. The standard InChI is InChI=1S/C10H14O2.C2H5P/c1-3-7(2)8-4-5-9(11)10(12)6-8;1-2-3-1/h4-7,11-12H,3H2,1-2H3;3H,1-2H2. The van der Waals surface area contributed by atoms with E-state index < -0.39 is 0 Å². The Balaban J connectivity index is 0.000000319. The summed E-state index contributed by atoms with van der Waals surface area (Å²) in [6.07, 6.45) is 4.09. The number of rotatable bonds is 2. The van der Waals surface area contributed by atoms with Gasteiger partial charge in [0.1, 0.15) is 0 Å². The van der Waals surface area contributed by atoms with Crippen molar-refractivity contribution >= 4 is 8.58 Å². The molecule has 1 saturated heterocycles. The van der Waals surface area contributed by atoms with Gasteiger partial charge in [0.15, 0.2) is 11.5 Å². The third kappa shape index (κ3) is 4.53. The Labute approximate surface area is 93.1 Å². The molecule has 2 rings (SSSR count). The molecule has 1 fully saturated rings. The Bertz CT molecular complexity index is 308. The molecule has 15 heavy (non-hydrogen) atoms. The molecule has 1 unspecified atom stereocenters. The summed E-state index contributed by atoms with van der Waals surface area (Å²) < 4.78 is 0. The van der Waals surface area contributed by atoms with Crippen LogP contribution in [0.2, 0.25) is 0 Å². The molecular weight excluding hydrogens is 207 g/mol. The van der Waals surface area contributed by atoms with Crippen LogP contribution in [0, 0.1) is 0 Å². The molecule has 1 atom stereocenters. The average molecular weight is 226 g/mol. The quantitative estimate of drug-likeness (QED) is 0.600. The predicted octanol–water partition coefficient (Wildman–Crippen LogP) is 3.29. The first-order valence-electron chi connectivity index (χ1n) is 5.37. The number of hydrogen-bond donors (Lipinski definition) is 2. The van der Waals surface area contributed by atoms with Crippen molar-refractivity contribution in [2.24, 2.45) is 0 Å². The number of benzene rings is 1. The van der Waals surface area contributed by atoms with Crippen LogP contribution in [0.25, 0.3) is 0 Å². The normalized spacial score (nSPS) is 15.1. The van der Waals surface area contributed by atoms with E-state index in [0.717, 1.165) is 12.0 Å². The van der Waals surface area contributed by atoms with Gasteiger partial charge in [-0.1, -0.05) is 19.9 Å². The zero-order valence-electron chi connectivity index (χ0n) is 9.33. The lowest BCUT2D eigenvalue weighted by Gasteiger charge is -2.09. The van der Waals surface area contributed by atoms with E-state index in [2.05, 4.69) is 13.8 Å². The van der Waals surface area contributed by atoms with Crippen molar-refractivity contribution in [1.82, 2.24) is 0 Å². The minimum absolute atomic E-state index is 0.0344. The minimum atomic E-state index is -0.0537. The highest BCUT2D eigenvalue weighted by Gasteiger charge is 2.05. The van der Waals surface area contributed by atoms with Gasteiger partial charge in [-0.2, -0.15) is 0 Å². The van der Waals surface area contributed by atoms with Gasteiger partial charge in [0.2, 0.25) is 0 Å². The monoisotopic (exact) mass is 226 g/mol. The SMILES string of the molecule is C1CP1.CCC(C)c1ccc(O)c(O)c1. The van der Waals surface area contributed by atoms with E-state index in [4.69, 9.17) is 5.11 Å². The van der Waals surface area contributed by atoms with Gasteiger partial charge in [-0.25, -0.2) is 0 Å². The first kappa shape index (κ1) is 12.3. The van der Waals surface area contributed by atoms with Crippen molar-refractivity contribution in [2.45, 2.75) is 26.2 Å². The molecule has 1 heterocycles. The molecule has 0 aliphatic carbocycles. The maximum atomic E-state index is 9.19. The third-order valence-corrected chi connectivity index (χ3v) is 2.93. The van der Waals surface area contributed by atoms with Crippen LogP contribution in [0.5, 0.6) is 11.5 Å². The molecular formula is C12H19O2P. The number of phenolic OH excluding ortho intramolecular Hbond substituents is 2. The Morgan fingerprint density at radius 3 is 2.27 bits per heavy atom. The second kappa shape index (κ2) is 5.97. The van der Waals surface area contributed by atoms with Crippen molar-refractivity contribution in [1.29, 1.82) is 0 Å². The largest absolute Gasteiger partial charge is 0.504 e. The minimum Gasteiger partial charge on any atom is -0.504 e. The van der Waals surface area contributed by atoms with E-state index in [9.17, 15) is 5.11 Å². The first-order valence-corrected chi connectivity index (χ1v) is 6.79. The molecule has 0 aromatic heterocycles. The van der Waals surface area contributed by atoms with Crippen LogP contribution < -0.4 is 0 Å². The van der Waals surface area contributed by atoms with Crippen LogP contribution in [0.15, 0.2) is 18.2 Å². The van der Waals surface area contributed by atoms with Crippen LogP contribution in [0.3, 0.4) is 0 Å². The van der Waals surface area contributed by atoms with Crippen molar-refractivity contribution in [2.75, 3.05) is 12.3 Å². The second-order valence-corrected chi connectivity index (χ2v) is 5.31. The molecule has 0 amide bonds. The molecule has 1 aliphatic heterocycles. The summed E-state index contributed by atoms with van der Waals surface area (Å²) in [5.74, 6) is 0.339. The summed E-state index contributed by atoms with van der Waals surface area (Å²) in [6.45, 7) is 4.18. The fourth-order valence-corrected chi connectivity index (χ4v) is 1.08. The maximum Gasteiger partial charge on any atom is 0.157 e. The molecule has 2 N–H and O–H groups in total. The smallest absolute Gasteiger partial charge is 0.157 e. The van der Waals surface area contributed by atoms with E-state index in [1.54, 1.807) is 6.07 Å². The maximum absolute atomic E-state index is 9.19. The molecule has 0 saturated carbocycles. The molecule has 1 aliphatic rings. The van der Waals surface area contributed by atoms with Crippen molar-refractivity contribution in [3.63, 3.8) is 0 Å². The van der Waals surface area contributed by atoms with E-state index in [0.29, 0.717) is 5.92 Å². The van der Waals surface area contributed by atoms with Crippen molar-refractivity contribution < 1.29 is 10.2 Å². The Morgan fingerprint density at radius 2 is 1.87 bits per heavy atom. The Morgan fingerprint density at radius 1 is 1.27 bits per heavy atom. The van der Waals surface area contributed by atoms with Gasteiger partial charge in [0.25, 0.3) is 0 Å². The topological polar surface area (TPSA) is 40.5 Å². The molecule has 84 valence electrons. The van der Waals surface area contributed by atoms with E-state index in [-0.39, 0.29) is 11.5 Å². The highest BCUT2D eigenvalue weighted by atomic mass is 31.1. The fourth-order valence-electron chi connectivity index (χ4n) is 1.08. The first-order chi connectivity index (χ1) is 7.15. The van der Waals surface area contributed by atoms with Gasteiger partial charge >= 0.3 is 0 Å². The van der Waals surface area contributed by atoms with Gasteiger partial charge in [0, 0.05) is 0 Å². The summed E-state index contributed by atoms with van der Waals surface area (Å²) in [7, 11) is 1.33. The Kier molecular flexibility index (Phi) is 4.90. The van der Waals surface area contributed by atoms with Crippen LogP contribution in [-0.4, -0.2) is 22.5 Å². The lowest BCUT2D eigenvalue weighted by atomic mass is 9.98. The van der Waals surface area contributed by atoms with Crippen LogP contribution in [0.1, 0.15) is 31.7 Å². The van der Waals surface area contributed by atoms with Gasteiger partial charge < -0.3 is 10.2 Å².